The van der Waals surface area contributed by atoms with Crippen LogP contribution in [0.2, 0.25) is 0 Å². The van der Waals surface area contributed by atoms with Crippen LogP contribution in [0.4, 0.5) is 0 Å². The van der Waals surface area contributed by atoms with Gasteiger partial charge in [0, 0.05) is 44.2 Å². The van der Waals surface area contributed by atoms with E-state index < -0.39 is 0 Å². The van der Waals surface area contributed by atoms with Gasteiger partial charge in [0.2, 0.25) is 5.91 Å². The first-order chi connectivity index (χ1) is 9.75. The van der Waals surface area contributed by atoms with E-state index in [0.717, 1.165) is 39.0 Å². The molecule has 1 saturated carbocycles. The fourth-order valence-electron chi connectivity index (χ4n) is 3.97. The first-order valence-electron chi connectivity index (χ1n) is 8.53. The van der Waals surface area contributed by atoms with E-state index in [1.54, 1.807) is 0 Å². The Balaban J connectivity index is 2.00. The Morgan fingerprint density at radius 1 is 1.14 bits per heavy atom. The maximum atomic E-state index is 13.0. The van der Waals surface area contributed by atoms with Crippen molar-refractivity contribution in [1.29, 1.82) is 0 Å². The molecule has 1 aliphatic carbocycles. The number of hydrogen-bond acceptors (Lipinski definition) is 3. The van der Waals surface area contributed by atoms with Gasteiger partial charge >= 0.3 is 0 Å². The number of carbonyl (C=O) groups excluding carboxylic acids is 1. The lowest BCUT2D eigenvalue weighted by Gasteiger charge is -2.48. The van der Waals surface area contributed by atoms with E-state index >= 15 is 0 Å². The van der Waals surface area contributed by atoms with Crippen LogP contribution >= 0.6 is 0 Å². The van der Waals surface area contributed by atoms with Gasteiger partial charge in [-0.1, -0.05) is 20.8 Å². The van der Waals surface area contributed by atoms with Crippen LogP contribution in [0.15, 0.2) is 0 Å². The molecular formula is C17H33N3O. The highest BCUT2D eigenvalue weighted by molar-refractivity contribution is 5.80. The van der Waals surface area contributed by atoms with Crippen molar-refractivity contribution >= 4 is 5.91 Å². The van der Waals surface area contributed by atoms with E-state index in [2.05, 4.69) is 44.4 Å². The van der Waals surface area contributed by atoms with Crippen molar-refractivity contribution in [3.63, 3.8) is 0 Å². The van der Waals surface area contributed by atoms with Gasteiger partial charge in [0.25, 0.3) is 0 Å². The molecule has 21 heavy (non-hydrogen) atoms. The van der Waals surface area contributed by atoms with Gasteiger partial charge in [-0.15, -0.1) is 0 Å². The summed E-state index contributed by atoms with van der Waals surface area (Å²) in [4.78, 5) is 17.5. The molecule has 1 saturated heterocycles. The van der Waals surface area contributed by atoms with Crippen molar-refractivity contribution in [3.05, 3.63) is 0 Å². The van der Waals surface area contributed by atoms with Crippen LogP contribution in [0.25, 0.3) is 0 Å². The summed E-state index contributed by atoms with van der Waals surface area (Å²) in [6.07, 6.45) is 1.93. The molecule has 1 heterocycles. The Labute approximate surface area is 130 Å². The molecule has 0 bridgehead atoms. The number of carbonyl (C=O) groups is 1. The summed E-state index contributed by atoms with van der Waals surface area (Å²) in [6, 6.07) is 0.813. The Bertz CT molecular complexity index is 372. The zero-order valence-electron chi connectivity index (χ0n) is 14.4. The van der Waals surface area contributed by atoms with Crippen LogP contribution in [-0.2, 0) is 4.79 Å². The minimum absolute atomic E-state index is 0.00390. The number of nitrogens with two attached hydrogens (primary N) is 1. The van der Waals surface area contributed by atoms with Crippen LogP contribution in [0.5, 0.6) is 0 Å². The fraction of sp³-hybridized carbons (Fsp3) is 0.941. The number of hydrogen-bond donors (Lipinski definition) is 1. The first kappa shape index (κ1) is 16.8. The van der Waals surface area contributed by atoms with Crippen LogP contribution in [0.3, 0.4) is 0 Å². The zero-order valence-corrected chi connectivity index (χ0v) is 14.4. The molecule has 1 aliphatic heterocycles. The molecule has 4 nitrogen and oxygen atoms in total. The number of amides is 1. The molecule has 1 amide bonds. The van der Waals surface area contributed by atoms with Gasteiger partial charge in [-0.05, 0) is 38.0 Å². The molecule has 0 aromatic rings. The van der Waals surface area contributed by atoms with Gasteiger partial charge < -0.3 is 10.6 Å². The molecule has 4 heteroatoms. The van der Waals surface area contributed by atoms with Gasteiger partial charge in [-0.2, -0.15) is 0 Å². The Hall–Kier alpha value is -0.610. The monoisotopic (exact) mass is 295 g/mol. The third-order valence-corrected chi connectivity index (χ3v) is 6.16. The van der Waals surface area contributed by atoms with E-state index in [1.165, 1.54) is 0 Å². The Kier molecular flexibility index (Phi) is 4.99. The Morgan fingerprint density at radius 3 is 2.24 bits per heavy atom. The van der Waals surface area contributed by atoms with Crippen LogP contribution in [0.1, 0.15) is 47.5 Å². The topological polar surface area (TPSA) is 49.6 Å². The van der Waals surface area contributed by atoms with Gasteiger partial charge in [-0.3, -0.25) is 9.69 Å². The SMILES string of the molecule is CC(C)N1CCN(C(=O)C2CCC(N)C(C)C2(C)C)CC1. The fourth-order valence-corrected chi connectivity index (χ4v) is 3.97. The molecule has 0 aromatic heterocycles. The molecule has 0 aromatic carbocycles. The second-order valence-electron chi connectivity index (χ2n) is 7.86. The highest BCUT2D eigenvalue weighted by atomic mass is 16.2. The lowest BCUT2D eigenvalue weighted by atomic mass is 9.60. The summed E-state index contributed by atoms with van der Waals surface area (Å²) in [6.45, 7) is 14.9. The molecule has 2 fully saturated rings. The highest BCUT2D eigenvalue weighted by Crippen LogP contribution is 2.45. The number of piperazine rings is 1. The third-order valence-electron chi connectivity index (χ3n) is 6.16. The van der Waals surface area contributed by atoms with Crippen molar-refractivity contribution in [2.75, 3.05) is 26.2 Å². The molecule has 3 unspecified atom stereocenters. The average molecular weight is 295 g/mol. The number of rotatable bonds is 2. The maximum absolute atomic E-state index is 13.0. The quantitative estimate of drug-likeness (QED) is 0.847. The van der Waals surface area contributed by atoms with Crippen molar-refractivity contribution < 1.29 is 4.79 Å². The second kappa shape index (κ2) is 6.25. The first-order valence-corrected chi connectivity index (χ1v) is 8.53. The van der Waals surface area contributed by atoms with Gasteiger partial charge in [0.15, 0.2) is 0 Å². The maximum Gasteiger partial charge on any atom is 0.226 e. The lowest BCUT2D eigenvalue weighted by Crippen LogP contribution is -2.56. The zero-order chi connectivity index (χ0) is 15.8. The standard InChI is InChI=1S/C17H33N3O/c1-12(2)19-8-10-20(11-9-19)16(21)14-6-7-15(18)13(3)17(14,4)5/h12-15H,6-11,18H2,1-5H3. The number of nitrogens with zero attached hydrogens (tertiary/aromatic N) is 2. The summed E-state index contributed by atoms with van der Waals surface area (Å²) in [7, 11) is 0. The smallest absolute Gasteiger partial charge is 0.226 e. The van der Waals surface area contributed by atoms with Crippen molar-refractivity contribution in [2.45, 2.75) is 59.5 Å². The van der Waals surface area contributed by atoms with E-state index in [4.69, 9.17) is 5.73 Å². The summed E-state index contributed by atoms with van der Waals surface area (Å²) in [5.41, 5.74) is 6.22. The van der Waals surface area contributed by atoms with Crippen LogP contribution in [-0.4, -0.2) is 54.0 Å². The summed E-state index contributed by atoms with van der Waals surface area (Å²) >= 11 is 0. The summed E-state index contributed by atoms with van der Waals surface area (Å²) in [5.74, 6) is 0.900. The average Bonchev–Trinajstić information content (AvgIpc) is 2.44. The van der Waals surface area contributed by atoms with E-state index in [9.17, 15) is 4.79 Å². The van der Waals surface area contributed by atoms with Gasteiger partial charge in [-0.25, -0.2) is 0 Å². The molecule has 2 rings (SSSR count). The third kappa shape index (κ3) is 3.26. The molecule has 3 atom stereocenters. The normalized spacial score (nSPS) is 34.2. The predicted molar refractivity (Wildman–Crippen MR) is 86.9 cm³/mol. The van der Waals surface area contributed by atoms with Gasteiger partial charge in [0.1, 0.15) is 0 Å². The molecule has 0 radical (unpaired) electrons. The van der Waals surface area contributed by atoms with E-state index in [1.807, 2.05) is 0 Å². The minimum Gasteiger partial charge on any atom is -0.340 e. The second-order valence-corrected chi connectivity index (χ2v) is 7.86. The van der Waals surface area contributed by atoms with Crippen LogP contribution in [0, 0.1) is 17.3 Å². The Morgan fingerprint density at radius 2 is 1.71 bits per heavy atom. The molecule has 122 valence electrons. The van der Waals surface area contributed by atoms with Crippen LogP contribution < -0.4 is 5.73 Å². The van der Waals surface area contributed by atoms with Crippen molar-refractivity contribution in [3.8, 4) is 0 Å². The van der Waals surface area contributed by atoms with E-state index in [-0.39, 0.29) is 17.4 Å². The summed E-state index contributed by atoms with van der Waals surface area (Å²) < 4.78 is 0. The van der Waals surface area contributed by atoms with Crippen molar-refractivity contribution in [2.24, 2.45) is 23.0 Å². The molecule has 2 N–H and O–H groups in total. The molecular weight excluding hydrogens is 262 g/mol. The largest absolute Gasteiger partial charge is 0.340 e. The highest BCUT2D eigenvalue weighted by Gasteiger charge is 2.46. The van der Waals surface area contributed by atoms with Crippen molar-refractivity contribution in [1.82, 2.24) is 9.80 Å². The molecule has 2 aliphatic rings. The summed E-state index contributed by atoms with van der Waals surface area (Å²) in [5, 5.41) is 0. The lowest BCUT2D eigenvalue weighted by molar-refractivity contribution is -0.145. The minimum atomic E-state index is 0.00390. The van der Waals surface area contributed by atoms with E-state index in [0.29, 0.717) is 17.9 Å². The molecule has 0 spiro atoms. The predicted octanol–water partition coefficient (Wildman–Crippen LogP) is 1.94. The van der Waals surface area contributed by atoms with Gasteiger partial charge in [0.05, 0.1) is 0 Å².